The number of hydrogen-bond acceptors (Lipinski definition) is 0. The summed E-state index contributed by atoms with van der Waals surface area (Å²) >= 11 is 0. The van der Waals surface area contributed by atoms with Gasteiger partial charge in [0.25, 0.3) is 0 Å². The molecule has 0 spiro atoms. The number of para-hydroxylation sites is 1. The average molecular weight is 260 g/mol. The Bertz CT molecular complexity index is 910. The fraction of sp³-hybridized carbons (Fsp3) is 0.176. The quantitative estimate of drug-likeness (QED) is 0.339. The number of benzene rings is 2. The van der Waals surface area contributed by atoms with Crippen LogP contribution >= 0.6 is 0 Å². The molecule has 1 aliphatic rings. The van der Waals surface area contributed by atoms with E-state index in [9.17, 15) is 0 Å². The minimum absolute atomic E-state index is 0.716. The van der Waals surface area contributed by atoms with Crippen LogP contribution < -0.4 is 4.68 Å². The number of rotatable bonds is 0. The summed E-state index contributed by atoms with van der Waals surface area (Å²) in [5, 5.41) is 1.13. The Morgan fingerprint density at radius 1 is 1.25 bits per heavy atom. The van der Waals surface area contributed by atoms with Crippen molar-refractivity contribution in [1.82, 2.24) is 4.68 Å². The van der Waals surface area contributed by atoms with Gasteiger partial charge in [0, 0.05) is 0 Å². The van der Waals surface area contributed by atoms with Crippen molar-refractivity contribution in [1.29, 1.82) is 0 Å². The summed E-state index contributed by atoms with van der Waals surface area (Å²) in [6.45, 7) is 12.6. The van der Waals surface area contributed by atoms with Gasteiger partial charge >= 0.3 is 0 Å². The largest absolute Gasteiger partial charge is 0.236 e. The predicted molar refractivity (Wildman–Crippen MR) is 78.3 cm³/mol. The summed E-state index contributed by atoms with van der Waals surface area (Å²) in [5.74, 6) is 0. The van der Waals surface area contributed by atoms with E-state index < -0.39 is 0 Å². The Labute approximate surface area is 117 Å². The molecule has 0 radical (unpaired) electrons. The summed E-state index contributed by atoms with van der Waals surface area (Å²) in [7, 11) is 0. The normalized spacial score (nSPS) is 12.2. The van der Waals surface area contributed by atoms with Gasteiger partial charge in [0.05, 0.1) is 17.5 Å². The molecule has 1 aromatic heterocycles. The Kier molecular flexibility index (Phi) is 2.08. The summed E-state index contributed by atoms with van der Waals surface area (Å²) in [6, 6.07) is 10.4. The average Bonchev–Trinajstić information content (AvgIpc) is 2.94. The molecule has 0 bridgehead atoms. The van der Waals surface area contributed by atoms with E-state index in [1.54, 1.807) is 0 Å². The van der Waals surface area contributed by atoms with Gasteiger partial charge in [-0.15, -0.1) is 9.36 Å². The molecule has 3 aromatic rings. The number of nitrogens with zero attached hydrogens (tertiary/aromatic N) is 3. The van der Waals surface area contributed by atoms with E-state index in [-0.39, 0.29) is 0 Å². The first-order valence-corrected chi connectivity index (χ1v) is 6.71. The third kappa shape index (κ3) is 1.31. The van der Waals surface area contributed by atoms with Crippen molar-refractivity contribution in [2.75, 3.05) is 0 Å². The maximum Gasteiger partial charge on any atom is 0.217 e. The van der Waals surface area contributed by atoms with E-state index in [0.717, 1.165) is 17.4 Å². The molecule has 2 aromatic carbocycles. The molecule has 96 valence electrons. The third-order valence-corrected chi connectivity index (χ3v) is 4.07. The zero-order valence-electron chi connectivity index (χ0n) is 11.5. The lowest BCUT2D eigenvalue weighted by Crippen LogP contribution is -2.36. The molecule has 20 heavy (non-hydrogen) atoms. The Hall–Kier alpha value is -2.60. The number of aryl methyl sites for hydroxylation is 2. The van der Waals surface area contributed by atoms with Gasteiger partial charge in [0.15, 0.2) is 6.54 Å². The van der Waals surface area contributed by atoms with Gasteiger partial charge in [-0.2, -0.15) is 0 Å². The minimum atomic E-state index is 0.716. The molecule has 0 amide bonds. The fourth-order valence-electron chi connectivity index (χ4n) is 3.23. The van der Waals surface area contributed by atoms with Crippen LogP contribution in [0, 0.1) is 20.4 Å². The standard InChI is InChI=1S/C17H14N3/c1-11-7-12(2)14-10-19-9-13-5-4-6-15(18-3)17(13)20(19)16(14)8-11/h4-9H,10H2,1-2H3/q+1. The first kappa shape index (κ1) is 11.2. The smallest absolute Gasteiger partial charge is 0.217 e. The van der Waals surface area contributed by atoms with Gasteiger partial charge in [-0.3, -0.25) is 0 Å². The van der Waals surface area contributed by atoms with Crippen LogP contribution in [-0.2, 0) is 6.54 Å². The SMILES string of the molecule is [C-]#[N+]c1cccc2c[n+]3n(c12)-c1cc(C)cc(C)c1C3. The van der Waals surface area contributed by atoms with Crippen LogP contribution in [0.1, 0.15) is 16.7 Å². The fourth-order valence-corrected chi connectivity index (χ4v) is 3.23. The number of aromatic nitrogens is 2. The zero-order valence-corrected chi connectivity index (χ0v) is 11.5. The Morgan fingerprint density at radius 2 is 2.10 bits per heavy atom. The molecular weight excluding hydrogens is 246 g/mol. The zero-order chi connectivity index (χ0) is 13.9. The molecule has 3 heteroatoms. The maximum atomic E-state index is 7.40. The molecule has 3 nitrogen and oxygen atoms in total. The molecule has 4 rings (SSSR count). The summed E-state index contributed by atoms with van der Waals surface area (Å²) < 4.78 is 4.40. The van der Waals surface area contributed by atoms with Gasteiger partial charge < -0.3 is 0 Å². The highest BCUT2D eigenvalue weighted by atomic mass is 15.4. The van der Waals surface area contributed by atoms with E-state index in [0.29, 0.717) is 5.69 Å². The van der Waals surface area contributed by atoms with Crippen molar-refractivity contribution in [3.63, 3.8) is 0 Å². The van der Waals surface area contributed by atoms with Crippen LogP contribution in [0.2, 0.25) is 0 Å². The molecule has 0 atom stereocenters. The lowest BCUT2D eigenvalue weighted by Gasteiger charge is -2.04. The van der Waals surface area contributed by atoms with Crippen LogP contribution in [0.15, 0.2) is 36.5 Å². The van der Waals surface area contributed by atoms with E-state index in [4.69, 9.17) is 6.57 Å². The maximum absolute atomic E-state index is 7.40. The van der Waals surface area contributed by atoms with Crippen LogP contribution in [0.25, 0.3) is 21.4 Å². The lowest BCUT2D eigenvalue weighted by molar-refractivity contribution is -0.749. The molecule has 0 N–H and O–H groups in total. The van der Waals surface area contributed by atoms with Crippen LogP contribution in [0.3, 0.4) is 0 Å². The second-order valence-corrected chi connectivity index (χ2v) is 5.44. The minimum Gasteiger partial charge on any atom is -0.236 e. The molecule has 0 unspecified atom stereocenters. The van der Waals surface area contributed by atoms with Gasteiger partial charge in [-0.1, -0.05) is 18.2 Å². The van der Waals surface area contributed by atoms with Gasteiger partial charge in [0.1, 0.15) is 11.2 Å². The summed E-state index contributed by atoms with van der Waals surface area (Å²) in [6.07, 6.45) is 2.14. The second-order valence-electron chi connectivity index (χ2n) is 5.44. The van der Waals surface area contributed by atoms with Crippen LogP contribution in [-0.4, -0.2) is 4.68 Å². The number of hydrogen-bond donors (Lipinski definition) is 0. The second kappa shape index (κ2) is 3.71. The van der Waals surface area contributed by atoms with Gasteiger partial charge in [0.2, 0.25) is 11.9 Å². The highest BCUT2D eigenvalue weighted by molar-refractivity contribution is 5.91. The highest BCUT2D eigenvalue weighted by Crippen LogP contribution is 2.32. The molecule has 0 saturated carbocycles. The highest BCUT2D eigenvalue weighted by Gasteiger charge is 2.30. The van der Waals surface area contributed by atoms with Crippen molar-refractivity contribution < 1.29 is 4.68 Å². The topological polar surface area (TPSA) is 13.2 Å². The summed E-state index contributed by atoms with van der Waals surface area (Å²) in [4.78, 5) is 3.68. The first-order chi connectivity index (χ1) is 9.69. The summed E-state index contributed by atoms with van der Waals surface area (Å²) in [5.41, 5.74) is 6.90. The molecule has 0 saturated heterocycles. The predicted octanol–water partition coefficient (Wildman–Crippen LogP) is 3.45. The van der Waals surface area contributed by atoms with Crippen molar-refractivity contribution >= 4 is 16.6 Å². The van der Waals surface area contributed by atoms with E-state index in [2.05, 4.69) is 52.5 Å². The van der Waals surface area contributed by atoms with Gasteiger partial charge in [-0.05, 0) is 37.1 Å². The van der Waals surface area contributed by atoms with Crippen LogP contribution in [0.5, 0.6) is 0 Å². The van der Waals surface area contributed by atoms with E-state index in [1.165, 1.54) is 22.4 Å². The van der Waals surface area contributed by atoms with Crippen molar-refractivity contribution in [2.24, 2.45) is 0 Å². The monoisotopic (exact) mass is 260 g/mol. The van der Waals surface area contributed by atoms with Crippen molar-refractivity contribution in [3.05, 3.63) is 64.6 Å². The first-order valence-electron chi connectivity index (χ1n) is 6.71. The Morgan fingerprint density at radius 3 is 2.90 bits per heavy atom. The molecule has 0 aliphatic carbocycles. The van der Waals surface area contributed by atoms with Gasteiger partial charge in [-0.25, -0.2) is 4.85 Å². The third-order valence-electron chi connectivity index (χ3n) is 4.07. The molecule has 2 heterocycles. The molecule has 0 fully saturated rings. The van der Waals surface area contributed by atoms with Crippen molar-refractivity contribution in [3.8, 4) is 5.69 Å². The molecule has 1 aliphatic heterocycles. The Balaban J connectivity index is 2.16. The lowest BCUT2D eigenvalue weighted by atomic mass is 10.0. The number of fused-ring (bicyclic) bond motifs is 5. The van der Waals surface area contributed by atoms with Crippen molar-refractivity contribution in [2.45, 2.75) is 20.4 Å². The van der Waals surface area contributed by atoms with Crippen LogP contribution in [0.4, 0.5) is 5.69 Å². The van der Waals surface area contributed by atoms with E-state index >= 15 is 0 Å². The molecular formula is C17H14N3+. The van der Waals surface area contributed by atoms with E-state index in [1.807, 2.05) is 12.1 Å².